The highest BCUT2D eigenvalue weighted by molar-refractivity contribution is 6.34. The molecule has 2 fully saturated rings. The van der Waals surface area contributed by atoms with Gasteiger partial charge in [-0.3, -0.25) is 9.36 Å². The van der Waals surface area contributed by atoms with Crippen LogP contribution in [0.3, 0.4) is 0 Å². The smallest absolute Gasteiger partial charge is 0.359 e. The van der Waals surface area contributed by atoms with Crippen molar-refractivity contribution in [2.45, 2.75) is 37.8 Å². The van der Waals surface area contributed by atoms with Crippen molar-refractivity contribution in [2.75, 3.05) is 19.8 Å². The number of esters is 1. The van der Waals surface area contributed by atoms with Crippen LogP contribution in [0.15, 0.2) is 24.5 Å². The van der Waals surface area contributed by atoms with Gasteiger partial charge in [-0.05, 0) is 25.0 Å². The first-order valence-electron chi connectivity index (χ1n) is 9.61. The molecule has 2 saturated heterocycles. The van der Waals surface area contributed by atoms with E-state index in [-0.39, 0.29) is 23.7 Å². The van der Waals surface area contributed by atoms with Crippen molar-refractivity contribution in [3.63, 3.8) is 0 Å². The van der Waals surface area contributed by atoms with Crippen LogP contribution in [0.4, 0.5) is 0 Å². The van der Waals surface area contributed by atoms with Gasteiger partial charge in [0.2, 0.25) is 0 Å². The molecular weight excluding hydrogens is 382 g/mol. The number of fused-ring (bicyclic) bond motifs is 5. The van der Waals surface area contributed by atoms with Crippen molar-refractivity contribution >= 4 is 23.5 Å². The van der Waals surface area contributed by atoms with Gasteiger partial charge in [-0.1, -0.05) is 17.7 Å². The number of halogens is 1. The third-order valence-corrected chi connectivity index (χ3v) is 6.05. The lowest BCUT2D eigenvalue weighted by Gasteiger charge is -2.24. The zero-order chi connectivity index (χ0) is 19.3. The summed E-state index contributed by atoms with van der Waals surface area (Å²) in [6.45, 7) is 1.82. The Hall–Kier alpha value is -2.38. The number of ether oxygens (including phenoxy) is 2. The average Bonchev–Trinajstić information content (AvgIpc) is 3.33. The minimum absolute atomic E-state index is 0.101. The molecule has 8 heteroatoms. The zero-order valence-electron chi connectivity index (χ0n) is 15.3. The van der Waals surface area contributed by atoms with Crippen molar-refractivity contribution in [3.8, 4) is 5.69 Å². The molecule has 0 radical (unpaired) electrons. The Bertz CT molecular complexity index is 951. The molecule has 2 aromatic rings. The standard InChI is InChI=1S/C20H20ClN3O4/c21-13-3-1-4-14-16(13)19(25)23-8-2-5-15(23)18-17(22-11-24(14)18)20(26)28-12-6-9-27-10-7-12/h1,3-4,11-12,15H,2,5-10H2/t15-/m0/s1. The van der Waals surface area contributed by atoms with E-state index in [2.05, 4.69) is 4.98 Å². The van der Waals surface area contributed by atoms with Gasteiger partial charge in [-0.2, -0.15) is 0 Å². The van der Waals surface area contributed by atoms with E-state index < -0.39 is 5.97 Å². The predicted octanol–water partition coefficient (Wildman–Crippen LogP) is 3.15. The number of imidazole rings is 1. The molecule has 0 aliphatic carbocycles. The van der Waals surface area contributed by atoms with E-state index in [4.69, 9.17) is 21.1 Å². The van der Waals surface area contributed by atoms with Gasteiger partial charge in [-0.15, -0.1) is 0 Å². The van der Waals surface area contributed by atoms with E-state index in [0.717, 1.165) is 12.8 Å². The van der Waals surface area contributed by atoms with Crippen LogP contribution in [0.25, 0.3) is 5.69 Å². The van der Waals surface area contributed by atoms with Gasteiger partial charge in [0.1, 0.15) is 12.4 Å². The second-order valence-electron chi connectivity index (χ2n) is 7.36. The summed E-state index contributed by atoms with van der Waals surface area (Å²) < 4.78 is 12.9. The summed E-state index contributed by atoms with van der Waals surface area (Å²) in [5, 5.41) is 0.404. The van der Waals surface area contributed by atoms with Gasteiger partial charge < -0.3 is 14.4 Å². The van der Waals surface area contributed by atoms with Gasteiger partial charge in [0, 0.05) is 19.4 Å². The second kappa shape index (κ2) is 6.90. The Labute approximate surface area is 167 Å². The Morgan fingerprint density at radius 3 is 2.89 bits per heavy atom. The first-order chi connectivity index (χ1) is 13.6. The Kier molecular flexibility index (Phi) is 4.36. The molecule has 7 nitrogen and oxygen atoms in total. The lowest BCUT2D eigenvalue weighted by molar-refractivity contribution is -0.0165. The van der Waals surface area contributed by atoms with Crippen molar-refractivity contribution < 1.29 is 19.1 Å². The number of amides is 1. The summed E-state index contributed by atoms with van der Waals surface area (Å²) in [5.41, 5.74) is 2.10. The second-order valence-corrected chi connectivity index (χ2v) is 7.76. The lowest BCUT2D eigenvalue weighted by Crippen LogP contribution is -2.31. The highest BCUT2D eigenvalue weighted by atomic mass is 35.5. The molecule has 28 heavy (non-hydrogen) atoms. The molecule has 1 amide bonds. The molecule has 0 unspecified atom stereocenters. The summed E-state index contributed by atoms with van der Waals surface area (Å²) in [6.07, 6.45) is 4.46. The van der Waals surface area contributed by atoms with E-state index in [1.165, 1.54) is 0 Å². The lowest BCUT2D eigenvalue weighted by atomic mass is 10.1. The van der Waals surface area contributed by atoms with Crippen LogP contribution < -0.4 is 0 Å². The van der Waals surface area contributed by atoms with E-state index in [1.807, 2.05) is 10.6 Å². The number of carbonyl (C=O) groups excluding carboxylic acids is 2. The summed E-state index contributed by atoms with van der Waals surface area (Å²) in [5.74, 6) is -0.541. The largest absolute Gasteiger partial charge is 0.457 e. The van der Waals surface area contributed by atoms with Crippen LogP contribution in [0, 0.1) is 0 Å². The van der Waals surface area contributed by atoms with E-state index in [0.29, 0.717) is 54.6 Å². The number of carbonyl (C=O) groups is 2. The molecule has 1 atom stereocenters. The maximum Gasteiger partial charge on any atom is 0.359 e. The van der Waals surface area contributed by atoms with Crippen molar-refractivity contribution in [1.29, 1.82) is 0 Å². The molecular formula is C20H20ClN3O4. The normalized spacial score (nSPS) is 21.7. The molecule has 4 heterocycles. The van der Waals surface area contributed by atoms with E-state index >= 15 is 0 Å². The van der Waals surface area contributed by atoms with Gasteiger partial charge in [0.05, 0.1) is 41.2 Å². The van der Waals surface area contributed by atoms with E-state index in [9.17, 15) is 9.59 Å². The molecule has 1 aromatic carbocycles. The molecule has 0 spiro atoms. The number of aromatic nitrogens is 2. The topological polar surface area (TPSA) is 73.7 Å². The van der Waals surface area contributed by atoms with Crippen molar-refractivity contribution in [1.82, 2.24) is 14.5 Å². The summed E-state index contributed by atoms with van der Waals surface area (Å²) in [7, 11) is 0. The fourth-order valence-corrected chi connectivity index (χ4v) is 4.64. The summed E-state index contributed by atoms with van der Waals surface area (Å²) in [4.78, 5) is 32.3. The maximum atomic E-state index is 13.2. The quantitative estimate of drug-likeness (QED) is 0.723. The number of nitrogens with zero attached hydrogens (tertiary/aromatic N) is 3. The summed E-state index contributed by atoms with van der Waals surface area (Å²) in [6, 6.07) is 5.14. The average molecular weight is 402 g/mol. The third-order valence-electron chi connectivity index (χ3n) is 5.73. The Morgan fingerprint density at radius 1 is 1.25 bits per heavy atom. The first kappa shape index (κ1) is 17.7. The highest BCUT2D eigenvalue weighted by Crippen LogP contribution is 2.41. The van der Waals surface area contributed by atoms with Crippen LogP contribution in [0.2, 0.25) is 5.02 Å². The van der Waals surface area contributed by atoms with Crippen LogP contribution in [-0.4, -0.2) is 52.2 Å². The fraction of sp³-hybridized carbons (Fsp3) is 0.450. The highest BCUT2D eigenvalue weighted by Gasteiger charge is 2.41. The van der Waals surface area contributed by atoms with Crippen molar-refractivity contribution in [3.05, 3.63) is 46.5 Å². The van der Waals surface area contributed by atoms with Gasteiger partial charge in [0.15, 0.2) is 5.69 Å². The molecule has 3 aliphatic heterocycles. The number of hydrogen-bond acceptors (Lipinski definition) is 5. The minimum atomic E-state index is -0.439. The van der Waals surface area contributed by atoms with Crippen LogP contribution in [0.1, 0.15) is 58.3 Å². The van der Waals surface area contributed by atoms with Crippen LogP contribution in [0.5, 0.6) is 0 Å². The van der Waals surface area contributed by atoms with Crippen molar-refractivity contribution in [2.24, 2.45) is 0 Å². The van der Waals surface area contributed by atoms with Gasteiger partial charge in [0.25, 0.3) is 5.91 Å². The molecule has 1 aromatic heterocycles. The molecule has 3 aliphatic rings. The fourth-order valence-electron chi connectivity index (χ4n) is 4.39. The monoisotopic (exact) mass is 401 g/mol. The summed E-state index contributed by atoms with van der Waals surface area (Å²) >= 11 is 6.38. The molecule has 0 saturated carbocycles. The minimum Gasteiger partial charge on any atom is -0.457 e. The Balaban J connectivity index is 1.60. The number of rotatable bonds is 2. The maximum absolute atomic E-state index is 13.2. The predicted molar refractivity (Wildman–Crippen MR) is 101 cm³/mol. The van der Waals surface area contributed by atoms with Crippen LogP contribution in [-0.2, 0) is 9.47 Å². The van der Waals surface area contributed by atoms with Gasteiger partial charge >= 0.3 is 5.97 Å². The molecule has 0 N–H and O–H groups in total. The van der Waals surface area contributed by atoms with E-state index in [1.54, 1.807) is 23.4 Å². The SMILES string of the molecule is O=C(OC1CCOCC1)c1ncn2c1[C@@H]1CCCN1C(=O)c1c(Cl)cccc1-2. The molecule has 5 rings (SSSR count). The number of hydrogen-bond donors (Lipinski definition) is 0. The zero-order valence-corrected chi connectivity index (χ0v) is 16.0. The first-order valence-corrected chi connectivity index (χ1v) is 9.99. The molecule has 0 bridgehead atoms. The van der Waals surface area contributed by atoms with Gasteiger partial charge in [-0.25, -0.2) is 9.78 Å². The third kappa shape index (κ3) is 2.72. The van der Waals surface area contributed by atoms with Crippen LogP contribution >= 0.6 is 11.6 Å². The Morgan fingerprint density at radius 2 is 2.07 bits per heavy atom. The number of benzene rings is 1. The molecule has 146 valence electrons.